The Labute approximate surface area is 95.5 Å². The van der Waals surface area contributed by atoms with Gasteiger partial charge in [0.1, 0.15) is 11.6 Å². The summed E-state index contributed by atoms with van der Waals surface area (Å²) in [6.45, 7) is 2.09. The van der Waals surface area contributed by atoms with Gasteiger partial charge in [-0.05, 0) is 24.5 Å². The van der Waals surface area contributed by atoms with E-state index in [-0.39, 0.29) is 6.61 Å². The van der Waals surface area contributed by atoms with Crippen LogP contribution in [0.15, 0.2) is 6.07 Å². The lowest BCUT2D eigenvalue weighted by Gasteiger charge is -2.09. The van der Waals surface area contributed by atoms with Gasteiger partial charge in [-0.2, -0.15) is 5.26 Å². The van der Waals surface area contributed by atoms with E-state index in [1.807, 2.05) is 6.07 Å². The molecule has 0 aromatic carbocycles. The topological polar surface area (TPSA) is 66.1 Å². The monoisotopic (exact) mass is 220 g/mol. The Hall–Kier alpha value is -1.60. The molecule has 16 heavy (non-hydrogen) atoms. The molecule has 0 amide bonds. The van der Waals surface area contributed by atoms with Crippen molar-refractivity contribution in [1.82, 2.24) is 4.98 Å². The Bertz CT molecular complexity index is 397. The molecule has 0 aliphatic heterocycles. The lowest BCUT2D eigenvalue weighted by Crippen LogP contribution is -2.03. The molecule has 1 N–H and O–H groups in total. The van der Waals surface area contributed by atoms with Crippen molar-refractivity contribution in [2.75, 3.05) is 13.7 Å². The van der Waals surface area contributed by atoms with Crippen molar-refractivity contribution >= 4 is 0 Å². The number of hydrogen-bond donors (Lipinski definition) is 1. The highest BCUT2D eigenvalue weighted by Gasteiger charge is 2.12. The summed E-state index contributed by atoms with van der Waals surface area (Å²) in [5.41, 5.74) is 2.14. The van der Waals surface area contributed by atoms with Crippen molar-refractivity contribution < 1.29 is 9.84 Å². The van der Waals surface area contributed by atoms with E-state index >= 15 is 0 Å². The number of nitrogens with zero attached hydrogens (tertiary/aromatic N) is 2. The maximum absolute atomic E-state index is 9.03. The summed E-state index contributed by atoms with van der Waals surface area (Å²) in [7, 11) is 1.50. The van der Waals surface area contributed by atoms with Crippen LogP contribution in [0.1, 0.15) is 30.2 Å². The number of hydrogen-bond acceptors (Lipinski definition) is 4. The van der Waals surface area contributed by atoms with Crippen LogP contribution in [-0.2, 0) is 12.8 Å². The summed E-state index contributed by atoms with van der Waals surface area (Å²) >= 11 is 0. The average Bonchev–Trinajstić information content (AvgIpc) is 2.29. The molecule has 1 rings (SSSR count). The maximum atomic E-state index is 9.03. The third-order valence-corrected chi connectivity index (χ3v) is 2.31. The molecule has 0 radical (unpaired) electrons. The quantitative estimate of drug-likeness (QED) is 0.815. The van der Waals surface area contributed by atoms with Crippen LogP contribution in [0.4, 0.5) is 0 Å². The number of rotatable bonds is 5. The molecule has 0 aliphatic rings. The minimum atomic E-state index is 0.0212. The van der Waals surface area contributed by atoms with Crippen LogP contribution < -0.4 is 4.74 Å². The summed E-state index contributed by atoms with van der Waals surface area (Å²) in [5.74, 6) is 0.358. The fourth-order valence-corrected chi connectivity index (χ4v) is 1.60. The zero-order chi connectivity index (χ0) is 12.0. The van der Waals surface area contributed by atoms with E-state index in [9.17, 15) is 0 Å². The second-order valence-corrected chi connectivity index (χ2v) is 3.49. The van der Waals surface area contributed by atoms with Gasteiger partial charge in [0.25, 0.3) is 0 Å². The normalized spacial score (nSPS) is 9.88. The summed E-state index contributed by atoms with van der Waals surface area (Å²) < 4.78 is 5.09. The summed E-state index contributed by atoms with van der Waals surface area (Å²) in [4.78, 5) is 4.27. The second kappa shape index (κ2) is 6.09. The van der Waals surface area contributed by atoms with Crippen molar-refractivity contribution in [2.45, 2.75) is 26.2 Å². The van der Waals surface area contributed by atoms with Crippen LogP contribution in [0.3, 0.4) is 0 Å². The fraction of sp³-hybridized carbons (Fsp3) is 0.500. The highest BCUT2D eigenvalue weighted by atomic mass is 16.5. The largest absolute Gasteiger partial charge is 0.480 e. The van der Waals surface area contributed by atoms with Gasteiger partial charge in [-0.15, -0.1) is 0 Å². The second-order valence-electron chi connectivity index (χ2n) is 3.49. The minimum Gasteiger partial charge on any atom is -0.480 e. The molecule has 0 spiro atoms. The van der Waals surface area contributed by atoms with Crippen LogP contribution in [0.2, 0.25) is 0 Å². The first kappa shape index (κ1) is 12.5. The van der Waals surface area contributed by atoms with Crippen molar-refractivity contribution in [3.05, 3.63) is 22.9 Å². The van der Waals surface area contributed by atoms with Crippen LogP contribution in [0.25, 0.3) is 0 Å². The average molecular weight is 220 g/mol. The summed E-state index contributed by atoms with van der Waals surface area (Å²) in [6.07, 6.45) is 2.29. The number of aliphatic hydroxyl groups is 1. The Morgan fingerprint density at radius 1 is 1.50 bits per heavy atom. The van der Waals surface area contributed by atoms with E-state index in [1.165, 1.54) is 7.11 Å². The third-order valence-electron chi connectivity index (χ3n) is 2.31. The lowest BCUT2D eigenvalue weighted by molar-refractivity contribution is 0.299. The molecule has 0 atom stereocenters. The highest BCUT2D eigenvalue weighted by Crippen LogP contribution is 2.21. The molecule has 0 unspecified atom stereocenters. The standard InChI is InChI=1S/C12H16N2O2/c1-3-4-10-7-9(5-6-15)11(8-13)12(14-10)16-2/h7,15H,3-6H2,1-2H3. The molecule has 1 aromatic heterocycles. The van der Waals surface area contributed by atoms with Crippen molar-refractivity contribution in [2.24, 2.45) is 0 Å². The highest BCUT2D eigenvalue weighted by molar-refractivity contribution is 5.46. The minimum absolute atomic E-state index is 0.0212. The molecule has 0 saturated heterocycles. The third kappa shape index (κ3) is 2.71. The maximum Gasteiger partial charge on any atom is 0.231 e. The van der Waals surface area contributed by atoms with Crippen LogP contribution in [-0.4, -0.2) is 23.8 Å². The first-order chi connectivity index (χ1) is 7.76. The number of aromatic nitrogens is 1. The van der Waals surface area contributed by atoms with Gasteiger partial charge < -0.3 is 9.84 Å². The molecule has 1 aromatic rings. The van der Waals surface area contributed by atoms with Crippen molar-refractivity contribution in [3.63, 3.8) is 0 Å². The number of ether oxygens (including phenoxy) is 1. The lowest BCUT2D eigenvalue weighted by atomic mass is 10.0. The van der Waals surface area contributed by atoms with Crippen LogP contribution >= 0.6 is 0 Å². The molecule has 86 valence electrons. The van der Waals surface area contributed by atoms with E-state index in [0.29, 0.717) is 17.9 Å². The van der Waals surface area contributed by atoms with Gasteiger partial charge in [-0.3, -0.25) is 0 Å². The predicted molar refractivity (Wildman–Crippen MR) is 60.3 cm³/mol. The van der Waals surface area contributed by atoms with Gasteiger partial charge in [0, 0.05) is 12.3 Å². The number of aliphatic hydroxyl groups excluding tert-OH is 1. The molecule has 0 fully saturated rings. The Morgan fingerprint density at radius 3 is 2.75 bits per heavy atom. The summed E-state index contributed by atoms with van der Waals surface area (Å²) in [5, 5.41) is 18.0. The molecule has 1 heterocycles. The zero-order valence-electron chi connectivity index (χ0n) is 9.66. The fourth-order valence-electron chi connectivity index (χ4n) is 1.60. The molecule has 0 bridgehead atoms. The number of pyridine rings is 1. The molecule has 4 nitrogen and oxygen atoms in total. The van der Waals surface area contributed by atoms with Gasteiger partial charge in [0.05, 0.1) is 7.11 Å². The van der Waals surface area contributed by atoms with E-state index in [2.05, 4.69) is 18.0 Å². The van der Waals surface area contributed by atoms with E-state index in [1.54, 1.807) is 0 Å². The van der Waals surface area contributed by atoms with Gasteiger partial charge in [-0.1, -0.05) is 13.3 Å². The molecular weight excluding hydrogens is 204 g/mol. The van der Waals surface area contributed by atoms with E-state index in [4.69, 9.17) is 15.1 Å². The zero-order valence-corrected chi connectivity index (χ0v) is 9.66. The van der Waals surface area contributed by atoms with Crippen molar-refractivity contribution in [3.8, 4) is 11.9 Å². The van der Waals surface area contributed by atoms with Crippen LogP contribution in [0.5, 0.6) is 5.88 Å². The Morgan fingerprint density at radius 2 is 2.25 bits per heavy atom. The molecule has 4 heteroatoms. The van der Waals surface area contributed by atoms with E-state index < -0.39 is 0 Å². The Kier molecular flexibility index (Phi) is 4.74. The number of methoxy groups -OCH3 is 1. The molecular formula is C12H16N2O2. The van der Waals surface area contributed by atoms with Gasteiger partial charge >= 0.3 is 0 Å². The Balaban J connectivity index is 3.21. The first-order valence-electron chi connectivity index (χ1n) is 5.34. The van der Waals surface area contributed by atoms with E-state index in [0.717, 1.165) is 24.1 Å². The van der Waals surface area contributed by atoms with Crippen LogP contribution in [0, 0.1) is 11.3 Å². The SMILES string of the molecule is CCCc1cc(CCO)c(C#N)c(OC)n1. The molecule has 0 saturated carbocycles. The van der Waals surface area contributed by atoms with Crippen molar-refractivity contribution in [1.29, 1.82) is 5.26 Å². The number of nitriles is 1. The predicted octanol–water partition coefficient (Wildman–Crippen LogP) is 1.45. The van der Waals surface area contributed by atoms with Gasteiger partial charge in [-0.25, -0.2) is 4.98 Å². The number of aryl methyl sites for hydroxylation is 1. The smallest absolute Gasteiger partial charge is 0.231 e. The summed E-state index contributed by atoms with van der Waals surface area (Å²) in [6, 6.07) is 3.95. The van der Waals surface area contributed by atoms with Gasteiger partial charge in [0.15, 0.2) is 0 Å². The first-order valence-corrected chi connectivity index (χ1v) is 5.34. The molecule has 0 aliphatic carbocycles. The van der Waals surface area contributed by atoms with Gasteiger partial charge in [0.2, 0.25) is 5.88 Å².